The number of thiazole rings is 1. The predicted molar refractivity (Wildman–Crippen MR) is 118 cm³/mol. The number of carbonyl (C=O) groups excluding carboxylic acids is 1. The Kier molecular flexibility index (Phi) is 6.17. The third-order valence-corrected chi connectivity index (χ3v) is 6.59. The van der Waals surface area contributed by atoms with Crippen molar-refractivity contribution in [2.45, 2.75) is 12.3 Å². The van der Waals surface area contributed by atoms with Gasteiger partial charge in [0.05, 0.1) is 24.3 Å². The Balaban J connectivity index is 1.60. The van der Waals surface area contributed by atoms with Crippen molar-refractivity contribution in [3.63, 3.8) is 0 Å². The largest absolute Gasteiger partial charge is 0.481 e. The van der Waals surface area contributed by atoms with Crippen LogP contribution in [-0.2, 0) is 12.5 Å². The molecule has 172 valence electrons. The molecule has 0 saturated heterocycles. The van der Waals surface area contributed by atoms with Crippen molar-refractivity contribution in [3.05, 3.63) is 68.9 Å². The lowest BCUT2D eigenvalue weighted by atomic mass is 9.84. The summed E-state index contributed by atoms with van der Waals surface area (Å²) >= 11 is 7.40. The normalized spacial score (nSPS) is 13.0. The van der Waals surface area contributed by atoms with E-state index in [0.717, 1.165) is 12.1 Å². The summed E-state index contributed by atoms with van der Waals surface area (Å²) in [6, 6.07) is 4.31. The lowest BCUT2D eigenvalue weighted by Gasteiger charge is -2.27. The van der Waals surface area contributed by atoms with Crippen molar-refractivity contribution >= 4 is 28.8 Å². The minimum absolute atomic E-state index is 0.000968. The molecule has 1 amide bonds. The van der Waals surface area contributed by atoms with Crippen LogP contribution in [0.15, 0.2) is 40.4 Å². The number of aryl methyl sites for hydroxylation is 1. The number of aromatic nitrogens is 4. The lowest BCUT2D eigenvalue weighted by molar-refractivity contribution is 0.0938. The molecule has 3 heterocycles. The smallest absolute Gasteiger partial charge is 0.273 e. The van der Waals surface area contributed by atoms with Gasteiger partial charge in [-0.25, -0.2) is 18.4 Å². The average molecular weight is 494 g/mol. The first-order valence-electron chi connectivity index (χ1n) is 9.61. The standard InChI is InChI=1S/C21H18ClF2N5O3S/c1-21(20-27-17(22)9-33-20,13-8-26-29(2)19(13)31-3)10-25-18(30)15-7-16(32-28-15)12-5-4-11(23)6-14(12)24/h4-9H,10H2,1-3H3,(H,25,30). The van der Waals surface area contributed by atoms with Gasteiger partial charge in [-0.05, 0) is 19.1 Å². The zero-order valence-corrected chi connectivity index (χ0v) is 19.3. The van der Waals surface area contributed by atoms with Crippen LogP contribution in [0.4, 0.5) is 8.78 Å². The SMILES string of the molecule is COc1c(C(C)(CNC(=O)c2cc(-c3ccc(F)cc3F)on2)c2nc(Cl)cs2)cnn1C. The van der Waals surface area contributed by atoms with Crippen molar-refractivity contribution in [1.29, 1.82) is 0 Å². The number of rotatable bonds is 7. The minimum atomic E-state index is -0.831. The van der Waals surface area contributed by atoms with Gasteiger partial charge in [0.2, 0.25) is 5.88 Å². The van der Waals surface area contributed by atoms with E-state index >= 15 is 0 Å². The van der Waals surface area contributed by atoms with Crippen LogP contribution in [0, 0.1) is 11.6 Å². The van der Waals surface area contributed by atoms with Gasteiger partial charge >= 0.3 is 0 Å². The maximum Gasteiger partial charge on any atom is 0.273 e. The Labute approximate surface area is 196 Å². The lowest BCUT2D eigenvalue weighted by Crippen LogP contribution is -2.39. The monoisotopic (exact) mass is 493 g/mol. The van der Waals surface area contributed by atoms with E-state index in [1.165, 1.54) is 30.6 Å². The van der Waals surface area contributed by atoms with E-state index in [1.807, 2.05) is 6.92 Å². The van der Waals surface area contributed by atoms with Gasteiger partial charge in [0, 0.05) is 36.7 Å². The molecule has 8 nitrogen and oxygen atoms in total. The topological polar surface area (TPSA) is 95.1 Å². The van der Waals surface area contributed by atoms with Gasteiger partial charge in [0.1, 0.15) is 21.8 Å². The van der Waals surface area contributed by atoms with Crippen LogP contribution in [0.25, 0.3) is 11.3 Å². The molecule has 0 aliphatic carbocycles. The van der Waals surface area contributed by atoms with Crippen molar-refractivity contribution in [2.75, 3.05) is 13.7 Å². The number of nitrogens with one attached hydrogen (secondary N) is 1. The van der Waals surface area contributed by atoms with Crippen LogP contribution in [-0.4, -0.2) is 39.5 Å². The molecule has 0 bridgehead atoms. The van der Waals surface area contributed by atoms with Crippen LogP contribution in [0.3, 0.4) is 0 Å². The number of hydrogen-bond acceptors (Lipinski definition) is 7. The van der Waals surface area contributed by atoms with E-state index in [4.69, 9.17) is 20.9 Å². The first-order valence-corrected chi connectivity index (χ1v) is 10.9. The summed E-state index contributed by atoms with van der Waals surface area (Å²) in [6.07, 6.45) is 1.64. The average Bonchev–Trinajstić information content (AvgIpc) is 3.52. The highest BCUT2D eigenvalue weighted by Crippen LogP contribution is 2.39. The zero-order valence-electron chi connectivity index (χ0n) is 17.7. The van der Waals surface area contributed by atoms with Crippen LogP contribution < -0.4 is 10.1 Å². The quantitative estimate of drug-likeness (QED) is 0.414. The van der Waals surface area contributed by atoms with Gasteiger partial charge in [0.25, 0.3) is 5.91 Å². The molecule has 0 spiro atoms. The zero-order chi connectivity index (χ0) is 23.8. The van der Waals surface area contributed by atoms with Crippen LogP contribution in [0.2, 0.25) is 5.15 Å². The van der Waals surface area contributed by atoms with Gasteiger partial charge in [-0.15, -0.1) is 11.3 Å². The minimum Gasteiger partial charge on any atom is -0.481 e. The van der Waals surface area contributed by atoms with Gasteiger partial charge in [-0.3, -0.25) is 4.79 Å². The molecule has 0 saturated carbocycles. The third kappa shape index (κ3) is 4.33. The number of nitrogens with zero attached hydrogens (tertiary/aromatic N) is 4. The summed E-state index contributed by atoms with van der Waals surface area (Å²) in [4.78, 5) is 17.2. The summed E-state index contributed by atoms with van der Waals surface area (Å²) in [7, 11) is 3.27. The summed E-state index contributed by atoms with van der Waals surface area (Å²) in [6.45, 7) is 1.98. The third-order valence-electron chi connectivity index (χ3n) is 5.16. The maximum atomic E-state index is 14.0. The maximum absolute atomic E-state index is 14.0. The molecule has 1 unspecified atom stereocenters. The van der Waals surface area contributed by atoms with Gasteiger partial charge < -0.3 is 14.6 Å². The predicted octanol–water partition coefficient (Wildman–Crippen LogP) is 4.21. The highest BCUT2D eigenvalue weighted by atomic mass is 35.5. The molecule has 0 aliphatic heterocycles. The molecule has 0 fully saturated rings. The highest BCUT2D eigenvalue weighted by molar-refractivity contribution is 7.10. The number of carbonyl (C=O) groups is 1. The van der Waals surface area contributed by atoms with Crippen LogP contribution in [0.1, 0.15) is 28.0 Å². The van der Waals surface area contributed by atoms with E-state index in [1.54, 1.807) is 23.3 Å². The number of ether oxygens (including phenoxy) is 1. The van der Waals surface area contributed by atoms with Crippen molar-refractivity contribution in [3.8, 4) is 17.2 Å². The second-order valence-corrected chi connectivity index (χ2v) is 8.63. The molecule has 1 aromatic carbocycles. The molecule has 0 aliphatic rings. The highest BCUT2D eigenvalue weighted by Gasteiger charge is 2.37. The Morgan fingerprint density at radius 3 is 2.82 bits per heavy atom. The molecule has 12 heteroatoms. The summed E-state index contributed by atoms with van der Waals surface area (Å²) in [5, 5.41) is 13.5. The van der Waals surface area contributed by atoms with E-state index in [2.05, 4.69) is 20.6 Å². The molecule has 4 aromatic rings. The van der Waals surface area contributed by atoms with Crippen LogP contribution >= 0.6 is 22.9 Å². The molecular formula is C21H18ClF2N5O3S. The van der Waals surface area contributed by atoms with Gasteiger partial charge in [-0.2, -0.15) is 5.10 Å². The fraction of sp³-hybridized carbons (Fsp3) is 0.238. The Morgan fingerprint density at radius 2 is 2.15 bits per heavy atom. The molecule has 1 N–H and O–H groups in total. The Morgan fingerprint density at radius 1 is 1.36 bits per heavy atom. The molecule has 3 aromatic heterocycles. The van der Waals surface area contributed by atoms with Crippen molar-refractivity contribution in [2.24, 2.45) is 7.05 Å². The number of halogens is 3. The fourth-order valence-corrected chi connectivity index (χ4v) is 4.51. The molecular weight excluding hydrogens is 476 g/mol. The first-order chi connectivity index (χ1) is 15.7. The Bertz CT molecular complexity index is 1320. The summed E-state index contributed by atoms with van der Waals surface area (Å²) < 4.78 is 39.4. The molecule has 33 heavy (non-hydrogen) atoms. The second kappa shape index (κ2) is 8.91. The fourth-order valence-electron chi connectivity index (χ4n) is 3.39. The second-order valence-electron chi connectivity index (χ2n) is 7.38. The first kappa shape index (κ1) is 22.9. The van der Waals surface area contributed by atoms with Crippen molar-refractivity contribution in [1.82, 2.24) is 25.2 Å². The van der Waals surface area contributed by atoms with Crippen LogP contribution in [0.5, 0.6) is 5.88 Å². The van der Waals surface area contributed by atoms with Gasteiger partial charge in [0.15, 0.2) is 11.5 Å². The molecule has 1 atom stereocenters. The summed E-state index contributed by atoms with van der Waals surface area (Å²) in [5.74, 6) is -1.59. The number of benzene rings is 1. The van der Waals surface area contributed by atoms with Crippen molar-refractivity contribution < 1.29 is 22.8 Å². The Hall–Kier alpha value is -3.31. The number of hydrogen-bond donors (Lipinski definition) is 1. The number of methoxy groups -OCH3 is 1. The molecule has 0 radical (unpaired) electrons. The molecule has 4 rings (SSSR count). The van der Waals surface area contributed by atoms with Gasteiger partial charge in [-0.1, -0.05) is 16.8 Å². The number of amides is 1. The van der Waals surface area contributed by atoms with E-state index in [-0.39, 0.29) is 23.6 Å². The summed E-state index contributed by atoms with van der Waals surface area (Å²) in [5.41, 5.74) is -0.201. The van der Waals surface area contributed by atoms with E-state index < -0.39 is 23.0 Å². The van der Waals surface area contributed by atoms with E-state index in [9.17, 15) is 13.6 Å². The van der Waals surface area contributed by atoms with E-state index in [0.29, 0.717) is 21.6 Å².